The fraction of sp³-hybridized carbons (Fsp3) is 0.100. The van der Waals surface area contributed by atoms with Crippen LogP contribution in [-0.2, 0) is 6.18 Å². The van der Waals surface area contributed by atoms with Crippen LogP contribution in [0.5, 0.6) is 0 Å². The first-order valence-electron chi connectivity index (χ1n) is 4.59. The molecule has 19 heavy (non-hydrogen) atoms. The van der Waals surface area contributed by atoms with Crippen molar-refractivity contribution in [3.63, 3.8) is 0 Å². The van der Waals surface area contributed by atoms with Gasteiger partial charge in [-0.05, 0) is 24.3 Å². The number of nitrogens with one attached hydrogen (secondary N) is 1. The third-order valence-electron chi connectivity index (χ3n) is 1.84. The number of alkyl halides is 3. The molecule has 0 bridgehead atoms. The summed E-state index contributed by atoms with van der Waals surface area (Å²) in [6, 6.07) is 4.18. The van der Waals surface area contributed by atoms with Gasteiger partial charge in [-0.1, -0.05) is 46.4 Å². The Labute approximate surface area is 126 Å². The van der Waals surface area contributed by atoms with Gasteiger partial charge in [-0.25, -0.2) is 0 Å². The van der Waals surface area contributed by atoms with Gasteiger partial charge in [0.2, 0.25) is 0 Å². The van der Waals surface area contributed by atoms with E-state index < -0.39 is 11.7 Å². The molecule has 0 fully saturated rings. The van der Waals surface area contributed by atoms with Gasteiger partial charge in [-0.15, -0.1) is 0 Å². The molecule has 0 saturated carbocycles. The Morgan fingerprint density at radius 1 is 1.00 bits per heavy atom. The molecule has 1 aromatic carbocycles. The summed E-state index contributed by atoms with van der Waals surface area (Å²) in [5, 5.41) is 3.20. The summed E-state index contributed by atoms with van der Waals surface area (Å²) in [7, 11) is 0. The molecule has 1 rings (SSSR count). The van der Waals surface area contributed by atoms with E-state index in [0.29, 0.717) is 5.69 Å². The maximum absolute atomic E-state index is 12.3. The number of allylic oxidation sites excluding steroid dienone is 1. The summed E-state index contributed by atoms with van der Waals surface area (Å²) in [6.45, 7) is 0. The predicted octanol–water partition coefficient (Wildman–Crippen LogP) is 5.56. The second kappa shape index (κ2) is 6.70. The molecule has 0 radical (unpaired) electrons. The number of benzene rings is 1. The zero-order chi connectivity index (χ0) is 14.6. The van der Waals surface area contributed by atoms with Crippen molar-refractivity contribution in [2.24, 2.45) is 5.10 Å². The van der Waals surface area contributed by atoms with E-state index in [-0.39, 0.29) is 14.7 Å². The molecule has 1 N–H and O–H groups in total. The van der Waals surface area contributed by atoms with Gasteiger partial charge in [0, 0.05) is 0 Å². The average molecular weight is 352 g/mol. The molecule has 0 heterocycles. The van der Waals surface area contributed by atoms with Crippen molar-refractivity contribution in [1.29, 1.82) is 0 Å². The highest BCUT2D eigenvalue weighted by Gasteiger charge is 2.29. The van der Waals surface area contributed by atoms with Crippen molar-refractivity contribution in [2.45, 2.75) is 6.18 Å². The fourth-order valence-electron chi connectivity index (χ4n) is 0.974. The van der Waals surface area contributed by atoms with Gasteiger partial charge in [0.25, 0.3) is 0 Å². The van der Waals surface area contributed by atoms with E-state index in [0.717, 1.165) is 12.1 Å². The standard InChI is InChI=1S/C10H5Cl4F3N2/c11-7(8(12)13)9(14)19-18-6-3-1-5(2-4-6)10(15,16)17/h1-4,18H/b19-9-. The second-order valence-electron chi connectivity index (χ2n) is 3.16. The average Bonchev–Trinajstić information content (AvgIpc) is 2.34. The van der Waals surface area contributed by atoms with Crippen LogP contribution in [0.15, 0.2) is 38.9 Å². The Kier molecular flexibility index (Phi) is 5.80. The van der Waals surface area contributed by atoms with Gasteiger partial charge in [0.05, 0.1) is 11.3 Å². The van der Waals surface area contributed by atoms with Gasteiger partial charge >= 0.3 is 6.18 Å². The normalized spacial score (nSPS) is 12.3. The van der Waals surface area contributed by atoms with Gasteiger partial charge in [-0.2, -0.15) is 18.3 Å². The number of hydrogen-bond acceptors (Lipinski definition) is 2. The minimum absolute atomic E-state index is 0.176. The number of halogens is 7. The Hall–Kier alpha value is -0.620. The van der Waals surface area contributed by atoms with Gasteiger partial charge in [0.1, 0.15) is 9.52 Å². The maximum atomic E-state index is 12.3. The summed E-state index contributed by atoms with van der Waals surface area (Å²) in [6.07, 6.45) is -4.39. The number of hydrogen-bond donors (Lipinski definition) is 1. The molecule has 0 aromatic heterocycles. The Balaban J connectivity index is 2.80. The molecule has 1 aromatic rings. The van der Waals surface area contributed by atoms with Crippen molar-refractivity contribution in [3.05, 3.63) is 39.4 Å². The van der Waals surface area contributed by atoms with Crippen LogP contribution in [0.25, 0.3) is 0 Å². The molecule has 0 amide bonds. The zero-order valence-electron chi connectivity index (χ0n) is 8.90. The predicted molar refractivity (Wildman–Crippen MR) is 72.9 cm³/mol. The van der Waals surface area contributed by atoms with Crippen molar-refractivity contribution < 1.29 is 13.2 Å². The number of hydrazone groups is 1. The highest BCUT2D eigenvalue weighted by molar-refractivity contribution is 6.79. The lowest BCUT2D eigenvalue weighted by atomic mass is 10.2. The Morgan fingerprint density at radius 2 is 1.53 bits per heavy atom. The molecule has 0 aliphatic carbocycles. The topological polar surface area (TPSA) is 24.4 Å². The van der Waals surface area contributed by atoms with Gasteiger partial charge in [-0.3, -0.25) is 5.43 Å². The minimum atomic E-state index is -4.39. The van der Waals surface area contributed by atoms with E-state index >= 15 is 0 Å². The van der Waals surface area contributed by atoms with Crippen LogP contribution in [0.4, 0.5) is 18.9 Å². The van der Waals surface area contributed by atoms with Gasteiger partial charge < -0.3 is 0 Å². The number of anilines is 1. The van der Waals surface area contributed by atoms with Crippen molar-refractivity contribution in [3.8, 4) is 0 Å². The lowest BCUT2D eigenvalue weighted by Gasteiger charge is -2.07. The number of rotatable bonds is 3. The molecule has 2 nitrogen and oxygen atoms in total. The van der Waals surface area contributed by atoms with Crippen LogP contribution in [0.2, 0.25) is 0 Å². The van der Waals surface area contributed by atoms with Crippen molar-refractivity contribution in [1.82, 2.24) is 0 Å². The van der Waals surface area contributed by atoms with E-state index in [1.807, 2.05) is 0 Å². The van der Waals surface area contributed by atoms with Crippen LogP contribution in [0.3, 0.4) is 0 Å². The summed E-state index contributed by atoms with van der Waals surface area (Å²) < 4.78 is 36.6. The third kappa shape index (κ3) is 5.10. The first kappa shape index (κ1) is 16.4. The zero-order valence-corrected chi connectivity index (χ0v) is 11.9. The van der Waals surface area contributed by atoms with E-state index in [4.69, 9.17) is 46.4 Å². The van der Waals surface area contributed by atoms with E-state index in [2.05, 4.69) is 10.5 Å². The van der Waals surface area contributed by atoms with Crippen molar-refractivity contribution in [2.75, 3.05) is 5.43 Å². The molecular weight excluding hydrogens is 347 g/mol. The fourth-order valence-corrected chi connectivity index (χ4v) is 1.43. The SMILES string of the molecule is FC(F)(F)c1ccc(N/N=C(\Cl)C(Cl)=C(Cl)Cl)cc1. The Bertz CT molecular complexity index is 505. The van der Waals surface area contributed by atoms with Crippen LogP contribution >= 0.6 is 46.4 Å². The van der Waals surface area contributed by atoms with E-state index in [1.165, 1.54) is 12.1 Å². The van der Waals surface area contributed by atoms with E-state index in [1.54, 1.807) is 0 Å². The summed E-state index contributed by atoms with van der Waals surface area (Å²) in [5.41, 5.74) is 1.94. The maximum Gasteiger partial charge on any atom is 0.416 e. The second-order valence-corrected chi connectivity index (χ2v) is 4.85. The molecule has 0 saturated heterocycles. The molecule has 9 heteroatoms. The van der Waals surface area contributed by atoms with Crippen LogP contribution < -0.4 is 5.43 Å². The first-order chi connectivity index (χ1) is 8.71. The quantitative estimate of drug-likeness (QED) is 0.560. The molecule has 0 aliphatic heterocycles. The van der Waals surface area contributed by atoms with E-state index in [9.17, 15) is 13.2 Å². The molecular formula is C10H5Cl4F3N2. The molecule has 0 atom stereocenters. The molecule has 104 valence electrons. The van der Waals surface area contributed by atoms with Crippen LogP contribution in [-0.4, -0.2) is 5.17 Å². The molecule has 0 spiro atoms. The first-order valence-corrected chi connectivity index (χ1v) is 6.10. The lowest BCUT2D eigenvalue weighted by molar-refractivity contribution is -0.137. The molecule has 0 aliphatic rings. The van der Waals surface area contributed by atoms with Gasteiger partial charge in [0.15, 0.2) is 5.17 Å². The molecule has 0 unspecified atom stereocenters. The summed E-state index contributed by atoms with van der Waals surface area (Å²) >= 11 is 22.0. The third-order valence-corrected chi connectivity index (χ3v) is 3.15. The summed E-state index contributed by atoms with van der Waals surface area (Å²) in [5.74, 6) is 0. The van der Waals surface area contributed by atoms with Crippen molar-refractivity contribution >= 4 is 57.3 Å². The minimum Gasteiger partial charge on any atom is -0.277 e. The highest BCUT2D eigenvalue weighted by Crippen LogP contribution is 2.29. The highest BCUT2D eigenvalue weighted by atomic mass is 35.5. The number of nitrogens with zero attached hydrogens (tertiary/aromatic N) is 1. The smallest absolute Gasteiger partial charge is 0.277 e. The largest absolute Gasteiger partial charge is 0.416 e. The monoisotopic (exact) mass is 350 g/mol. The lowest BCUT2D eigenvalue weighted by Crippen LogP contribution is -2.04. The summed E-state index contributed by atoms with van der Waals surface area (Å²) in [4.78, 5) is 0. The van der Waals surface area contributed by atoms with Crippen LogP contribution in [0.1, 0.15) is 5.56 Å². The Morgan fingerprint density at radius 3 is 1.95 bits per heavy atom. The van der Waals surface area contributed by atoms with Crippen LogP contribution in [0, 0.1) is 0 Å².